The zero-order valence-electron chi connectivity index (χ0n) is 11.9. The van der Waals surface area contributed by atoms with E-state index in [1.165, 1.54) is 0 Å². The Bertz CT molecular complexity index is 532. The highest BCUT2D eigenvalue weighted by Gasteiger charge is 2.46. The van der Waals surface area contributed by atoms with Crippen LogP contribution in [0.15, 0.2) is 24.3 Å². The Morgan fingerprint density at radius 2 is 1.95 bits per heavy atom. The summed E-state index contributed by atoms with van der Waals surface area (Å²) in [6.45, 7) is 1.87. The van der Waals surface area contributed by atoms with E-state index in [1.807, 2.05) is 6.92 Å². The molecule has 1 aliphatic carbocycles. The number of carboxylic acid groups (broad SMARTS) is 1. The fourth-order valence-corrected chi connectivity index (χ4v) is 2.93. The lowest BCUT2D eigenvalue weighted by molar-refractivity contribution is -0.148. The van der Waals surface area contributed by atoms with Crippen LogP contribution in [0.2, 0.25) is 5.02 Å². The first-order chi connectivity index (χ1) is 9.94. The lowest BCUT2D eigenvalue weighted by Crippen LogP contribution is -2.60. The molecular weight excluding hydrogens is 292 g/mol. The highest BCUT2D eigenvalue weighted by atomic mass is 35.5. The quantitative estimate of drug-likeness (QED) is 0.799. The molecule has 6 heteroatoms. The van der Waals surface area contributed by atoms with Crippen molar-refractivity contribution in [1.82, 2.24) is 5.32 Å². The second-order valence-electron chi connectivity index (χ2n) is 5.51. The number of aliphatic carboxylic acids is 1. The summed E-state index contributed by atoms with van der Waals surface area (Å²) in [6, 6.07) is 6.15. The maximum absolute atomic E-state index is 12.1. The molecule has 1 aliphatic rings. The van der Waals surface area contributed by atoms with E-state index < -0.39 is 17.5 Å². The number of hydrogen-bond acceptors (Lipinski definition) is 2. The van der Waals surface area contributed by atoms with Gasteiger partial charge in [0.2, 0.25) is 0 Å². The standard InChI is InChI=1S/C15H19ClN2O3/c1-10-4-2-3-9-15(10,13(19)20)18-14(21)17-12-7-5-11(16)6-8-12/h5-8,10H,2-4,9H2,1H3,(H,19,20)(H2,17,18,21). The molecule has 2 unspecified atom stereocenters. The number of carboxylic acids is 1. The Morgan fingerprint density at radius 3 is 2.52 bits per heavy atom. The normalized spacial score (nSPS) is 25.1. The number of hydrogen-bond donors (Lipinski definition) is 3. The largest absolute Gasteiger partial charge is 0.479 e. The van der Waals surface area contributed by atoms with Crippen LogP contribution in [-0.2, 0) is 4.79 Å². The van der Waals surface area contributed by atoms with E-state index in [4.69, 9.17) is 11.6 Å². The second-order valence-corrected chi connectivity index (χ2v) is 5.95. The van der Waals surface area contributed by atoms with Crippen molar-refractivity contribution in [3.05, 3.63) is 29.3 Å². The van der Waals surface area contributed by atoms with Crippen LogP contribution in [0.3, 0.4) is 0 Å². The number of anilines is 1. The summed E-state index contributed by atoms with van der Waals surface area (Å²) < 4.78 is 0. The summed E-state index contributed by atoms with van der Waals surface area (Å²) in [5.41, 5.74) is -0.615. The van der Waals surface area contributed by atoms with Gasteiger partial charge in [0.1, 0.15) is 5.54 Å². The first-order valence-electron chi connectivity index (χ1n) is 7.02. The van der Waals surface area contributed by atoms with Crippen molar-refractivity contribution >= 4 is 29.3 Å². The van der Waals surface area contributed by atoms with Gasteiger partial charge in [-0.2, -0.15) is 0 Å². The van der Waals surface area contributed by atoms with E-state index >= 15 is 0 Å². The molecule has 5 nitrogen and oxygen atoms in total. The summed E-state index contributed by atoms with van der Waals surface area (Å²) in [6.07, 6.45) is 3.06. The topological polar surface area (TPSA) is 78.4 Å². The molecule has 2 atom stereocenters. The van der Waals surface area contributed by atoms with E-state index in [0.29, 0.717) is 17.1 Å². The van der Waals surface area contributed by atoms with E-state index in [2.05, 4.69) is 10.6 Å². The summed E-state index contributed by atoms with van der Waals surface area (Å²) in [7, 11) is 0. The van der Waals surface area contributed by atoms with Crippen LogP contribution in [-0.4, -0.2) is 22.6 Å². The summed E-state index contributed by atoms with van der Waals surface area (Å²) >= 11 is 5.78. The molecule has 0 aromatic heterocycles. The average Bonchev–Trinajstić information content (AvgIpc) is 2.44. The number of nitrogens with one attached hydrogen (secondary N) is 2. The van der Waals surface area contributed by atoms with Crippen molar-refractivity contribution in [3.63, 3.8) is 0 Å². The maximum Gasteiger partial charge on any atom is 0.329 e. The first-order valence-corrected chi connectivity index (χ1v) is 7.40. The Balaban J connectivity index is 2.08. The average molecular weight is 311 g/mol. The number of carbonyl (C=O) groups excluding carboxylic acids is 1. The molecule has 1 saturated carbocycles. The highest BCUT2D eigenvalue weighted by molar-refractivity contribution is 6.30. The minimum Gasteiger partial charge on any atom is -0.479 e. The predicted molar refractivity (Wildman–Crippen MR) is 81.6 cm³/mol. The van der Waals surface area contributed by atoms with Gasteiger partial charge in [-0.05, 0) is 43.0 Å². The predicted octanol–water partition coefficient (Wildman–Crippen LogP) is 3.50. The Morgan fingerprint density at radius 1 is 1.29 bits per heavy atom. The molecule has 0 saturated heterocycles. The zero-order chi connectivity index (χ0) is 15.5. The van der Waals surface area contributed by atoms with Crippen molar-refractivity contribution in [2.45, 2.75) is 38.1 Å². The third-order valence-corrected chi connectivity index (χ3v) is 4.37. The molecule has 0 aliphatic heterocycles. The van der Waals surface area contributed by atoms with Gasteiger partial charge in [0.25, 0.3) is 0 Å². The van der Waals surface area contributed by atoms with Gasteiger partial charge in [-0.3, -0.25) is 0 Å². The number of benzene rings is 1. The number of urea groups is 1. The molecule has 3 N–H and O–H groups in total. The van der Waals surface area contributed by atoms with Crippen LogP contribution in [0.5, 0.6) is 0 Å². The van der Waals surface area contributed by atoms with Crippen LogP contribution in [0.25, 0.3) is 0 Å². The van der Waals surface area contributed by atoms with Gasteiger partial charge < -0.3 is 15.7 Å². The van der Waals surface area contributed by atoms with E-state index in [0.717, 1.165) is 19.3 Å². The number of carbonyl (C=O) groups is 2. The molecule has 114 valence electrons. The zero-order valence-corrected chi connectivity index (χ0v) is 12.6. The van der Waals surface area contributed by atoms with Gasteiger partial charge in [0.05, 0.1) is 0 Å². The van der Waals surface area contributed by atoms with E-state index in [9.17, 15) is 14.7 Å². The van der Waals surface area contributed by atoms with Crippen LogP contribution in [0.1, 0.15) is 32.6 Å². The van der Waals surface area contributed by atoms with E-state index in [1.54, 1.807) is 24.3 Å². The molecule has 1 aromatic rings. The fraction of sp³-hybridized carbons (Fsp3) is 0.467. The second kappa shape index (κ2) is 6.35. The number of halogens is 1. The van der Waals surface area contributed by atoms with Gasteiger partial charge >= 0.3 is 12.0 Å². The molecule has 1 aromatic carbocycles. The maximum atomic E-state index is 12.1. The van der Waals surface area contributed by atoms with Crippen molar-refractivity contribution in [2.24, 2.45) is 5.92 Å². The Kier molecular flexibility index (Phi) is 4.73. The SMILES string of the molecule is CC1CCCCC1(NC(=O)Nc1ccc(Cl)cc1)C(=O)O. The summed E-state index contributed by atoms with van der Waals surface area (Å²) in [5, 5.41) is 15.4. The smallest absolute Gasteiger partial charge is 0.329 e. The molecule has 21 heavy (non-hydrogen) atoms. The van der Waals surface area contributed by atoms with E-state index in [-0.39, 0.29) is 5.92 Å². The molecule has 0 heterocycles. The van der Waals surface area contributed by atoms with Crippen LogP contribution < -0.4 is 10.6 Å². The van der Waals surface area contributed by atoms with Crippen molar-refractivity contribution in [2.75, 3.05) is 5.32 Å². The fourth-order valence-electron chi connectivity index (χ4n) is 2.80. The van der Waals surface area contributed by atoms with Crippen molar-refractivity contribution in [1.29, 1.82) is 0 Å². The Hall–Kier alpha value is -1.75. The summed E-state index contributed by atoms with van der Waals surface area (Å²) in [4.78, 5) is 23.8. The van der Waals surface area contributed by atoms with Gasteiger partial charge in [-0.1, -0.05) is 31.4 Å². The molecule has 2 amide bonds. The lowest BCUT2D eigenvalue weighted by Gasteiger charge is -2.39. The van der Waals surface area contributed by atoms with Crippen LogP contribution in [0, 0.1) is 5.92 Å². The molecular formula is C15H19ClN2O3. The third-order valence-electron chi connectivity index (χ3n) is 4.12. The van der Waals surface area contributed by atoms with Gasteiger partial charge in [-0.15, -0.1) is 0 Å². The Labute approximate surface area is 128 Å². The van der Waals surface area contributed by atoms with Gasteiger partial charge in [0.15, 0.2) is 0 Å². The van der Waals surface area contributed by atoms with Gasteiger partial charge in [-0.25, -0.2) is 9.59 Å². The van der Waals surface area contributed by atoms with Crippen molar-refractivity contribution in [3.8, 4) is 0 Å². The lowest BCUT2D eigenvalue weighted by atomic mass is 9.73. The van der Waals surface area contributed by atoms with Crippen LogP contribution >= 0.6 is 11.6 Å². The summed E-state index contributed by atoms with van der Waals surface area (Å²) in [5.74, 6) is -1.07. The molecule has 0 radical (unpaired) electrons. The third kappa shape index (κ3) is 3.47. The highest BCUT2D eigenvalue weighted by Crippen LogP contribution is 2.34. The minimum atomic E-state index is -1.19. The van der Waals surface area contributed by atoms with Crippen LogP contribution in [0.4, 0.5) is 10.5 Å². The molecule has 2 rings (SSSR count). The number of amides is 2. The monoisotopic (exact) mass is 310 g/mol. The first kappa shape index (κ1) is 15.6. The minimum absolute atomic E-state index is 0.0975. The van der Waals surface area contributed by atoms with Gasteiger partial charge in [0, 0.05) is 10.7 Å². The molecule has 0 spiro atoms. The number of rotatable bonds is 3. The molecule has 0 bridgehead atoms. The van der Waals surface area contributed by atoms with Crippen molar-refractivity contribution < 1.29 is 14.7 Å². The molecule has 1 fully saturated rings.